The Kier molecular flexibility index (Phi) is 11.8. The smallest absolute Gasteiger partial charge is 0.273 e. The van der Waals surface area contributed by atoms with Crippen LogP contribution in [0.2, 0.25) is 0 Å². The average molecular weight is 566 g/mol. The predicted molar refractivity (Wildman–Crippen MR) is 168 cm³/mol. The molecule has 0 fully saturated rings. The largest absolute Gasteiger partial charge is 0.374 e. The number of hydrogen-bond donors (Lipinski definition) is 3. The van der Waals surface area contributed by atoms with Crippen molar-refractivity contribution in [2.75, 3.05) is 42.3 Å². The molecule has 0 aliphatic rings. The SMILES string of the molecule is CN(CCC#N)c1ccc(C=NNC(=O)c2ccccc2NC(=S)NN=Cc2ccc(N(C)CCC#N)cc2)cc1. The Balaban J connectivity index is 1.52. The van der Waals surface area contributed by atoms with Crippen LogP contribution in [0.4, 0.5) is 17.1 Å². The van der Waals surface area contributed by atoms with E-state index in [1.807, 2.05) is 72.4 Å². The van der Waals surface area contributed by atoms with Crippen LogP contribution in [-0.4, -0.2) is 50.6 Å². The Labute approximate surface area is 245 Å². The van der Waals surface area contributed by atoms with Gasteiger partial charge in [-0.3, -0.25) is 10.2 Å². The highest BCUT2D eigenvalue weighted by Gasteiger charge is 2.11. The van der Waals surface area contributed by atoms with E-state index < -0.39 is 5.91 Å². The Morgan fingerprint density at radius 2 is 1.29 bits per heavy atom. The van der Waals surface area contributed by atoms with Gasteiger partial charge in [0.1, 0.15) is 0 Å². The number of hydrazone groups is 2. The summed E-state index contributed by atoms with van der Waals surface area (Å²) in [6.07, 6.45) is 4.11. The third-order valence-corrected chi connectivity index (χ3v) is 6.16. The summed E-state index contributed by atoms with van der Waals surface area (Å²) in [5.41, 5.74) is 9.86. The molecule has 0 aliphatic carbocycles. The van der Waals surface area contributed by atoms with Gasteiger partial charge >= 0.3 is 0 Å². The molecule has 0 atom stereocenters. The maximum absolute atomic E-state index is 12.8. The van der Waals surface area contributed by atoms with E-state index in [1.165, 1.54) is 0 Å². The molecule has 0 heterocycles. The lowest BCUT2D eigenvalue weighted by Gasteiger charge is -2.17. The summed E-state index contributed by atoms with van der Waals surface area (Å²) < 4.78 is 0. The third-order valence-electron chi connectivity index (χ3n) is 5.97. The standard InChI is InChI=1S/C30H31N9OS/c1-38(19-5-17-31)25-13-9-23(10-14-25)21-33-36-29(40)27-7-3-4-8-28(27)35-30(41)37-34-22-24-11-15-26(16-12-24)39(2)20-6-18-32/h3-4,7-16,21-22H,5-6,19-20H2,1-2H3,(H,36,40)(H2,35,37,41). The summed E-state index contributed by atoms with van der Waals surface area (Å²) in [4.78, 5) is 16.8. The molecule has 0 saturated carbocycles. The van der Waals surface area contributed by atoms with Gasteiger partial charge in [0, 0.05) is 38.6 Å². The van der Waals surface area contributed by atoms with E-state index in [9.17, 15) is 4.79 Å². The Bertz CT molecular complexity index is 1460. The summed E-state index contributed by atoms with van der Waals surface area (Å²) in [5.74, 6) is -0.400. The quantitative estimate of drug-likeness (QED) is 0.167. The molecule has 0 saturated heterocycles. The number of thiocarbonyl (C=S) groups is 1. The van der Waals surface area contributed by atoms with Crippen LogP contribution in [0.15, 0.2) is 83.0 Å². The fourth-order valence-electron chi connectivity index (χ4n) is 3.65. The van der Waals surface area contributed by atoms with E-state index in [4.69, 9.17) is 22.7 Å². The lowest BCUT2D eigenvalue weighted by atomic mass is 10.1. The van der Waals surface area contributed by atoms with Crippen LogP contribution in [0.5, 0.6) is 0 Å². The molecule has 41 heavy (non-hydrogen) atoms. The number of benzene rings is 3. The number of amides is 1. The molecule has 0 aliphatic heterocycles. The second kappa shape index (κ2) is 16.0. The van der Waals surface area contributed by atoms with Gasteiger partial charge in [-0.2, -0.15) is 20.7 Å². The van der Waals surface area contributed by atoms with Gasteiger partial charge in [-0.15, -0.1) is 0 Å². The zero-order valence-electron chi connectivity index (χ0n) is 22.9. The molecule has 1 amide bonds. The van der Waals surface area contributed by atoms with Crippen molar-refractivity contribution in [2.24, 2.45) is 10.2 Å². The van der Waals surface area contributed by atoms with E-state index in [0.717, 1.165) is 22.5 Å². The average Bonchev–Trinajstić information content (AvgIpc) is 2.99. The highest BCUT2D eigenvalue weighted by Crippen LogP contribution is 2.16. The predicted octanol–water partition coefficient (Wildman–Crippen LogP) is 4.47. The molecule has 11 heteroatoms. The first kappa shape index (κ1) is 30.3. The van der Waals surface area contributed by atoms with Crippen LogP contribution in [0, 0.1) is 22.7 Å². The van der Waals surface area contributed by atoms with Gasteiger partial charge in [0.2, 0.25) is 0 Å². The van der Waals surface area contributed by atoms with E-state index >= 15 is 0 Å². The number of hydrogen-bond acceptors (Lipinski definition) is 8. The molecule has 0 aromatic heterocycles. The zero-order chi connectivity index (χ0) is 29.5. The summed E-state index contributed by atoms with van der Waals surface area (Å²) in [7, 11) is 3.87. The van der Waals surface area contributed by atoms with Gasteiger partial charge in [-0.25, -0.2) is 5.43 Å². The first-order valence-electron chi connectivity index (χ1n) is 12.8. The summed E-state index contributed by atoms with van der Waals surface area (Å²) in [5, 5.41) is 29.0. The number of para-hydroxylation sites is 1. The van der Waals surface area contributed by atoms with Crippen LogP contribution >= 0.6 is 12.2 Å². The molecule has 3 aromatic rings. The van der Waals surface area contributed by atoms with E-state index in [-0.39, 0.29) is 5.11 Å². The zero-order valence-corrected chi connectivity index (χ0v) is 23.7. The molecule has 0 unspecified atom stereocenters. The molecule has 10 nitrogen and oxygen atoms in total. The lowest BCUT2D eigenvalue weighted by Crippen LogP contribution is -2.26. The Hall–Kier alpha value is -5.26. The summed E-state index contributed by atoms with van der Waals surface area (Å²) in [6, 6.07) is 26.6. The highest BCUT2D eigenvalue weighted by molar-refractivity contribution is 7.80. The summed E-state index contributed by atoms with van der Waals surface area (Å²) >= 11 is 5.35. The van der Waals surface area contributed by atoms with Crippen molar-refractivity contribution in [1.82, 2.24) is 10.9 Å². The molecular weight excluding hydrogens is 534 g/mol. The maximum atomic E-state index is 12.8. The number of carbonyl (C=O) groups is 1. The van der Waals surface area contributed by atoms with Crippen molar-refractivity contribution in [3.63, 3.8) is 0 Å². The van der Waals surface area contributed by atoms with Gasteiger partial charge < -0.3 is 15.1 Å². The van der Waals surface area contributed by atoms with Crippen LogP contribution in [0.25, 0.3) is 0 Å². The van der Waals surface area contributed by atoms with Crippen molar-refractivity contribution < 1.29 is 4.79 Å². The first-order chi connectivity index (χ1) is 19.9. The molecule has 3 rings (SSSR count). The fraction of sp³-hybridized carbons (Fsp3) is 0.200. The van der Waals surface area contributed by atoms with Crippen LogP contribution < -0.4 is 26.0 Å². The molecule has 3 N–H and O–H groups in total. The Morgan fingerprint density at radius 3 is 1.80 bits per heavy atom. The van der Waals surface area contributed by atoms with Gasteiger partial charge in [-0.1, -0.05) is 36.4 Å². The van der Waals surface area contributed by atoms with E-state index in [2.05, 4.69) is 38.5 Å². The van der Waals surface area contributed by atoms with Crippen molar-refractivity contribution in [2.45, 2.75) is 12.8 Å². The van der Waals surface area contributed by atoms with E-state index in [0.29, 0.717) is 37.2 Å². The fourth-order valence-corrected chi connectivity index (χ4v) is 3.82. The molecule has 3 aromatic carbocycles. The topological polar surface area (TPSA) is 132 Å². The molecule has 208 valence electrons. The van der Waals surface area contributed by atoms with Gasteiger partial charge in [0.05, 0.1) is 48.7 Å². The van der Waals surface area contributed by atoms with Crippen LogP contribution in [-0.2, 0) is 0 Å². The normalized spacial score (nSPS) is 10.5. The van der Waals surface area contributed by atoms with Crippen LogP contribution in [0.1, 0.15) is 34.3 Å². The molecular formula is C30H31N9OS. The number of nitriles is 2. The van der Waals surface area contributed by atoms with Gasteiger partial charge in [-0.05, 0) is 59.7 Å². The van der Waals surface area contributed by atoms with Gasteiger partial charge in [0.15, 0.2) is 5.11 Å². The molecule has 0 bridgehead atoms. The highest BCUT2D eigenvalue weighted by atomic mass is 32.1. The number of nitrogens with zero attached hydrogens (tertiary/aromatic N) is 6. The van der Waals surface area contributed by atoms with Gasteiger partial charge in [0.25, 0.3) is 5.91 Å². The number of carbonyl (C=O) groups excluding carboxylic acids is 1. The van der Waals surface area contributed by atoms with Crippen LogP contribution in [0.3, 0.4) is 0 Å². The minimum Gasteiger partial charge on any atom is -0.374 e. The van der Waals surface area contributed by atoms with Crippen molar-refractivity contribution in [1.29, 1.82) is 10.5 Å². The van der Waals surface area contributed by atoms with Crippen molar-refractivity contribution >= 4 is 52.7 Å². The van der Waals surface area contributed by atoms with Crippen molar-refractivity contribution in [3.05, 3.63) is 89.5 Å². The molecule has 0 spiro atoms. The Morgan fingerprint density at radius 1 is 0.805 bits per heavy atom. The number of anilines is 3. The minimum atomic E-state index is -0.400. The third kappa shape index (κ3) is 9.77. The summed E-state index contributed by atoms with van der Waals surface area (Å²) in [6.45, 7) is 1.31. The second-order valence-corrected chi connectivity index (χ2v) is 9.32. The first-order valence-corrected chi connectivity index (χ1v) is 13.2. The molecule has 0 radical (unpaired) electrons. The number of rotatable bonds is 12. The second-order valence-electron chi connectivity index (χ2n) is 8.91. The monoisotopic (exact) mass is 565 g/mol. The lowest BCUT2D eigenvalue weighted by molar-refractivity contribution is 0.0956. The maximum Gasteiger partial charge on any atom is 0.273 e. The number of nitrogens with one attached hydrogen (secondary N) is 3. The minimum absolute atomic E-state index is 0.220. The van der Waals surface area contributed by atoms with Crippen molar-refractivity contribution in [3.8, 4) is 12.1 Å². The van der Waals surface area contributed by atoms with E-state index in [1.54, 1.807) is 36.7 Å².